The first-order chi connectivity index (χ1) is 14.7. The maximum absolute atomic E-state index is 12.3. The zero-order valence-corrected chi connectivity index (χ0v) is 18.3. The van der Waals surface area contributed by atoms with Crippen LogP contribution in [0.3, 0.4) is 0 Å². The quantitative estimate of drug-likeness (QED) is 0.284. The van der Waals surface area contributed by atoms with Gasteiger partial charge in [0.25, 0.3) is 10.9 Å². The van der Waals surface area contributed by atoms with Gasteiger partial charge in [0.1, 0.15) is 17.0 Å². The number of ether oxygens (including phenoxy) is 1. The molecule has 0 aliphatic carbocycles. The van der Waals surface area contributed by atoms with Crippen molar-refractivity contribution in [2.24, 2.45) is 0 Å². The third kappa shape index (κ3) is 5.33. The molecule has 0 radical (unpaired) electrons. The van der Waals surface area contributed by atoms with E-state index >= 15 is 0 Å². The lowest BCUT2D eigenvalue weighted by Crippen LogP contribution is -2.15. The lowest BCUT2D eigenvalue weighted by Gasteiger charge is -2.07. The molecule has 1 N–H and O–H groups in total. The van der Waals surface area contributed by atoms with Crippen LogP contribution >= 0.6 is 11.8 Å². The van der Waals surface area contributed by atoms with Crippen LogP contribution < -0.4 is 10.1 Å². The van der Waals surface area contributed by atoms with Gasteiger partial charge in [0, 0.05) is 0 Å². The predicted octanol–water partition coefficient (Wildman–Crippen LogP) is 3.66. The number of nitrogens with zero attached hydrogens (tertiary/aromatic N) is 2. The number of nitro benzene ring substituents is 1. The number of nitro groups is 1. The summed E-state index contributed by atoms with van der Waals surface area (Å²) in [7, 11) is -3.38. The van der Waals surface area contributed by atoms with Gasteiger partial charge >= 0.3 is 0 Å². The molecule has 1 heterocycles. The van der Waals surface area contributed by atoms with Gasteiger partial charge in [-0.15, -0.1) is 0 Å². The van der Waals surface area contributed by atoms with Gasteiger partial charge < -0.3 is 14.5 Å². The highest BCUT2D eigenvalue weighted by atomic mass is 32.2. The van der Waals surface area contributed by atoms with Gasteiger partial charge in [-0.2, -0.15) is 0 Å². The van der Waals surface area contributed by atoms with E-state index in [4.69, 9.17) is 9.15 Å². The van der Waals surface area contributed by atoms with Crippen LogP contribution in [-0.4, -0.2) is 42.3 Å². The predicted molar refractivity (Wildman–Crippen MR) is 115 cm³/mol. The Morgan fingerprint density at radius 3 is 2.71 bits per heavy atom. The molecule has 3 aromatic rings. The zero-order chi connectivity index (χ0) is 22.6. The first-order valence-electron chi connectivity index (χ1n) is 9.20. The van der Waals surface area contributed by atoms with Gasteiger partial charge in [-0.1, -0.05) is 18.7 Å². The molecule has 0 fully saturated rings. The lowest BCUT2D eigenvalue weighted by atomic mass is 10.2. The highest BCUT2D eigenvalue weighted by molar-refractivity contribution is 7.99. The summed E-state index contributed by atoms with van der Waals surface area (Å²) < 4.78 is 34.8. The van der Waals surface area contributed by atoms with Gasteiger partial charge in [0.15, 0.2) is 15.4 Å². The van der Waals surface area contributed by atoms with E-state index < -0.39 is 20.7 Å². The van der Waals surface area contributed by atoms with Crippen LogP contribution in [0.15, 0.2) is 50.9 Å². The Kier molecular flexibility index (Phi) is 6.81. The third-order valence-electron chi connectivity index (χ3n) is 4.16. The van der Waals surface area contributed by atoms with Crippen molar-refractivity contribution in [2.45, 2.75) is 24.0 Å². The van der Waals surface area contributed by atoms with Crippen LogP contribution in [0.4, 0.5) is 11.4 Å². The highest BCUT2D eigenvalue weighted by Gasteiger charge is 2.19. The van der Waals surface area contributed by atoms with Gasteiger partial charge in [0.2, 0.25) is 5.91 Å². The number of fused-ring (bicyclic) bond motifs is 1. The Morgan fingerprint density at radius 2 is 2.03 bits per heavy atom. The standard InChI is InChI=1S/C19H19N3O7S2/c1-3-28-12-5-7-14(16(9-12)22(24)25)20-18(23)11-30-19-21-15-10-13(31(26,27)4-2)6-8-17(15)29-19/h5-10H,3-4,11H2,1-2H3,(H,20,23). The van der Waals surface area contributed by atoms with E-state index in [0.29, 0.717) is 23.5 Å². The number of benzene rings is 2. The zero-order valence-electron chi connectivity index (χ0n) is 16.7. The monoisotopic (exact) mass is 465 g/mol. The number of carbonyl (C=O) groups excluding carboxylic acids is 1. The summed E-state index contributed by atoms with van der Waals surface area (Å²) in [6.45, 7) is 3.67. The van der Waals surface area contributed by atoms with Crippen LogP contribution in [0.2, 0.25) is 0 Å². The second kappa shape index (κ2) is 9.35. The van der Waals surface area contributed by atoms with Crippen molar-refractivity contribution in [3.8, 4) is 5.75 Å². The molecule has 2 aromatic carbocycles. The number of aromatic nitrogens is 1. The maximum Gasteiger partial charge on any atom is 0.296 e. The SMILES string of the molecule is CCOc1ccc(NC(=O)CSc2nc3cc(S(=O)(=O)CC)ccc3o2)c([N+](=O)[O-])c1. The molecule has 0 aliphatic rings. The summed E-state index contributed by atoms with van der Waals surface area (Å²) in [5.74, 6) is -0.307. The lowest BCUT2D eigenvalue weighted by molar-refractivity contribution is -0.384. The fraction of sp³-hybridized carbons (Fsp3) is 0.263. The topological polar surface area (TPSA) is 142 Å². The number of sulfone groups is 1. The molecular formula is C19H19N3O7S2. The minimum atomic E-state index is -3.38. The van der Waals surface area contributed by atoms with E-state index in [1.165, 1.54) is 36.4 Å². The highest BCUT2D eigenvalue weighted by Crippen LogP contribution is 2.30. The molecule has 0 bridgehead atoms. The summed E-state index contributed by atoms with van der Waals surface area (Å²) in [6, 6.07) is 8.56. The van der Waals surface area contributed by atoms with Crippen molar-refractivity contribution >= 4 is 50.0 Å². The molecule has 1 aromatic heterocycles. The van der Waals surface area contributed by atoms with E-state index in [1.54, 1.807) is 13.8 Å². The number of hydrogen-bond donors (Lipinski definition) is 1. The Labute approximate surface area is 182 Å². The van der Waals surface area contributed by atoms with Crippen molar-refractivity contribution in [1.82, 2.24) is 4.98 Å². The molecule has 12 heteroatoms. The van der Waals surface area contributed by atoms with Gasteiger partial charge in [0.05, 0.1) is 34.0 Å². The summed E-state index contributed by atoms with van der Waals surface area (Å²) in [5.41, 5.74) is 0.515. The molecule has 0 saturated heterocycles. The number of oxazole rings is 1. The summed E-state index contributed by atoms with van der Waals surface area (Å²) >= 11 is 0.984. The van der Waals surface area contributed by atoms with Crippen LogP contribution in [-0.2, 0) is 14.6 Å². The van der Waals surface area contributed by atoms with E-state index in [-0.39, 0.29) is 33.0 Å². The first-order valence-corrected chi connectivity index (χ1v) is 11.8. The van der Waals surface area contributed by atoms with Gasteiger partial charge in [-0.3, -0.25) is 14.9 Å². The van der Waals surface area contributed by atoms with E-state index in [1.807, 2.05) is 0 Å². The van der Waals surface area contributed by atoms with Crippen molar-refractivity contribution in [2.75, 3.05) is 23.4 Å². The first kappa shape index (κ1) is 22.6. The number of amides is 1. The summed E-state index contributed by atoms with van der Waals surface area (Å²) in [4.78, 5) is 27.3. The number of rotatable bonds is 9. The van der Waals surface area contributed by atoms with Crippen molar-refractivity contribution in [1.29, 1.82) is 0 Å². The molecular weight excluding hydrogens is 446 g/mol. The molecule has 3 rings (SSSR count). The van der Waals surface area contributed by atoms with Crippen LogP contribution in [0, 0.1) is 10.1 Å². The number of nitrogens with one attached hydrogen (secondary N) is 1. The molecule has 0 atom stereocenters. The van der Waals surface area contributed by atoms with Crippen molar-refractivity contribution in [3.05, 3.63) is 46.5 Å². The van der Waals surface area contributed by atoms with Crippen LogP contribution in [0.1, 0.15) is 13.8 Å². The molecule has 10 nitrogen and oxygen atoms in total. The molecule has 31 heavy (non-hydrogen) atoms. The second-order valence-electron chi connectivity index (χ2n) is 6.22. The average Bonchev–Trinajstić information content (AvgIpc) is 3.15. The summed E-state index contributed by atoms with van der Waals surface area (Å²) in [5, 5.41) is 14.0. The van der Waals surface area contributed by atoms with Gasteiger partial charge in [-0.25, -0.2) is 13.4 Å². The largest absolute Gasteiger partial charge is 0.494 e. The molecule has 0 saturated carbocycles. The Bertz CT molecular complexity index is 1240. The fourth-order valence-corrected chi connectivity index (χ4v) is 4.18. The molecule has 1 amide bonds. The van der Waals surface area contributed by atoms with E-state index in [9.17, 15) is 23.3 Å². The Hall–Kier alpha value is -3.12. The fourth-order valence-electron chi connectivity index (χ4n) is 2.65. The molecule has 0 spiro atoms. The number of hydrogen-bond acceptors (Lipinski definition) is 9. The van der Waals surface area contributed by atoms with Crippen molar-refractivity contribution < 1.29 is 27.3 Å². The third-order valence-corrected chi connectivity index (χ3v) is 6.72. The minimum absolute atomic E-state index is 0.0319. The molecule has 0 aliphatic heterocycles. The Morgan fingerprint density at radius 1 is 1.26 bits per heavy atom. The Balaban J connectivity index is 1.70. The smallest absolute Gasteiger partial charge is 0.296 e. The normalized spacial score (nSPS) is 11.4. The summed E-state index contributed by atoms with van der Waals surface area (Å²) in [6.07, 6.45) is 0. The second-order valence-corrected chi connectivity index (χ2v) is 9.42. The maximum atomic E-state index is 12.3. The van der Waals surface area contributed by atoms with E-state index in [2.05, 4.69) is 10.3 Å². The molecule has 164 valence electrons. The molecule has 0 unspecified atom stereocenters. The van der Waals surface area contributed by atoms with E-state index in [0.717, 1.165) is 11.8 Å². The number of carbonyl (C=O) groups is 1. The minimum Gasteiger partial charge on any atom is -0.494 e. The van der Waals surface area contributed by atoms with Crippen LogP contribution in [0.5, 0.6) is 5.75 Å². The number of thioether (sulfide) groups is 1. The van der Waals surface area contributed by atoms with Crippen LogP contribution in [0.25, 0.3) is 11.1 Å². The average molecular weight is 466 g/mol. The van der Waals surface area contributed by atoms with Crippen molar-refractivity contribution in [3.63, 3.8) is 0 Å². The van der Waals surface area contributed by atoms with Gasteiger partial charge in [-0.05, 0) is 37.3 Å². The number of anilines is 1.